The lowest BCUT2D eigenvalue weighted by molar-refractivity contribution is -0.123. The maximum atomic E-state index is 14.0. The fourth-order valence-corrected chi connectivity index (χ4v) is 3.35. The van der Waals surface area contributed by atoms with E-state index >= 15 is 0 Å². The molecule has 0 saturated carbocycles. The number of esters is 1. The first-order chi connectivity index (χ1) is 14.7. The molecule has 0 heterocycles. The predicted molar refractivity (Wildman–Crippen MR) is 113 cm³/mol. The lowest BCUT2D eigenvalue weighted by atomic mass is 10.0. The number of carbonyl (C=O) groups is 2. The van der Waals surface area contributed by atoms with Gasteiger partial charge in [0.15, 0.2) is 6.10 Å². The molecule has 31 heavy (non-hydrogen) atoms. The van der Waals surface area contributed by atoms with Crippen molar-refractivity contribution in [3.05, 3.63) is 84.2 Å². The number of ether oxygens (including phenoxy) is 1. The molecule has 160 valence electrons. The third-order valence-corrected chi connectivity index (χ3v) is 5.32. The smallest absolute Gasteiger partial charge is 0.341 e. The standard InChI is InChI=1S/C22H19FN2O5S/c1-14(30-22(27)18-13-16(31(24,28)29)11-12-19(18)23)21(26)25-20-10-6-5-9-17(20)15-7-3-2-4-8-15/h2-14H,1H3,(H,25,26)(H2,24,28,29). The van der Waals surface area contributed by atoms with Gasteiger partial charge in [0.1, 0.15) is 5.82 Å². The van der Waals surface area contributed by atoms with E-state index < -0.39 is 44.3 Å². The summed E-state index contributed by atoms with van der Waals surface area (Å²) in [6.07, 6.45) is -1.28. The van der Waals surface area contributed by atoms with Crippen LogP contribution in [0.15, 0.2) is 77.7 Å². The number of halogens is 1. The van der Waals surface area contributed by atoms with E-state index in [0.717, 1.165) is 29.3 Å². The van der Waals surface area contributed by atoms with E-state index in [9.17, 15) is 22.4 Å². The third kappa shape index (κ3) is 5.33. The van der Waals surface area contributed by atoms with E-state index in [1.807, 2.05) is 42.5 Å². The van der Waals surface area contributed by atoms with Crippen LogP contribution in [0.1, 0.15) is 17.3 Å². The molecule has 9 heteroatoms. The van der Waals surface area contributed by atoms with E-state index in [1.54, 1.807) is 12.1 Å². The lowest BCUT2D eigenvalue weighted by Gasteiger charge is -2.16. The average Bonchev–Trinajstić information content (AvgIpc) is 2.74. The van der Waals surface area contributed by atoms with Gasteiger partial charge in [-0.15, -0.1) is 0 Å². The van der Waals surface area contributed by atoms with Crippen LogP contribution < -0.4 is 10.5 Å². The number of hydrogen-bond donors (Lipinski definition) is 2. The summed E-state index contributed by atoms with van der Waals surface area (Å²) in [4.78, 5) is 24.4. The Morgan fingerprint density at radius 2 is 1.65 bits per heavy atom. The second-order valence-corrected chi connectivity index (χ2v) is 8.20. The van der Waals surface area contributed by atoms with Crippen LogP contribution in [0.4, 0.5) is 10.1 Å². The fourth-order valence-electron chi connectivity index (χ4n) is 2.81. The van der Waals surface area contributed by atoms with Crippen molar-refractivity contribution in [2.45, 2.75) is 17.9 Å². The summed E-state index contributed by atoms with van der Waals surface area (Å²) < 4.78 is 41.9. The fraction of sp³-hybridized carbons (Fsp3) is 0.0909. The second kappa shape index (κ2) is 9.07. The molecule has 0 aliphatic carbocycles. The van der Waals surface area contributed by atoms with Crippen LogP contribution in [0.3, 0.4) is 0 Å². The van der Waals surface area contributed by atoms with Gasteiger partial charge in [-0.05, 0) is 36.8 Å². The molecule has 7 nitrogen and oxygen atoms in total. The van der Waals surface area contributed by atoms with Crippen molar-refractivity contribution in [3.8, 4) is 11.1 Å². The second-order valence-electron chi connectivity index (χ2n) is 6.64. The van der Waals surface area contributed by atoms with Gasteiger partial charge in [-0.2, -0.15) is 0 Å². The highest BCUT2D eigenvalue weighted by atomic mass is 32.2. The minimum Gasteiger partial charge on any atom is -0.449 e. The van der Waals surface area contributed by atoms with Crippen molar-refractivity contribution in [2.75, 3.05) is 5.32 Å². The van der Waals surface area contributed by atoms with Crippen LogP contribution in [0.2, 0.25) is 0 Å². The first-order valence-electron chi connectivity index (χ1n) is 9.15. The van der Waals surface area contributed by atoms with Crippen LogP contribution in [0.25, 0.3) is 11.1 Å². The number of hydrogen-bond acceptors (Lipinski definition) is 5. The summed E-state index contributed by atoms with van der Waals surface area (Å²) in [6.45, 7) is 1.32. The molecule has 0 fully saturated rings. The van der Waals surface area contributed by atoms with Crippen LogP contribution in [0, 0.1) is 5.82 Å². The molecule has 1 unspecified atom stereocenters. The van der Waals surface area contributed by atoms with Gasteiger partial charge in [0.2, 0.25) is 10.0 Å². The normalized spacial score (nSPS) is 12.1. The highest BCUT2D eigenvalue weighted by Crippen LogP contribution is 2.27. The van der Waals surface area contributed by atoms with Crippen molar-refractivity contribution in [3.63, 3.8) is 0 Å². The van der Waals surface area contributed by atoms with Crippen LogP contribution in [-0.4, -0.2) is 26.4 Å². The molecule has 3 N–H and O–H groups in total. The summed E-state index contributed by atoms with van der Waals surface area (Å²) >= 11 is 0. The molecule has 0 aliphatic rings. The molecule has 0 bridgehead atoms. The van der Waals surface area contributed by atoms with Gasteiger partial charge in [-0.1, -0.05) is 48.5 Å². The Morgan fingerprint density at radius 3 is 2.32 bits per heavy atom. The number of primary sulfonamides is 1. The Hall–Kier alpha value is -3.56. The Bertz CT molecular complexity index is 1230. The largest absolute Gasteiger partial charge is 0.449 e. The minimum absolute atomic E-state index is 0.449. The van der Waals surface area contributed by atoms with E-state index in [0.29, 0.717) is 5.69 Å². The molecule has 0 saturated heterocycles. The van der Waals surface area contributed by atoms with Gasteiger partial charge in [0.05, 0.1) is 10.5 Å². The van der Waals surface area contributed by atoms with E-state index in [1.165, 1.54) is 6.92 Å². The van der Waals surface area contributed by atoms with Gasteiger partial charge in [-0.25, -0.2) is 22.7 Å². The first kappa shape index (κ1) is 22.1. The molecular weight excluding hydrogens is 423 g/mol. The maximum absolute atomic E-state index is 14.0. The number of amides is 1. The first-order valence-corrected chi connectivity index (χ1v) is 10.7. The number of carbonyl (C=O) groups excluding carboxylic acids is 2. The third-order valence-electron chi connectivity index (χ3n) is 4.41. The quantitative estimate of drug-likeness (QED) is 0.568. The summed E-state index contributed by atoms with van der Waals surface area (Å²) in [5.41, 5.74) is 1.51. The molecule has 1 amide bonds. The van der Waals surface area contributed by atoms with Gasteiger partial charge in [0.25, 0.3) is 5.91 Å². The number of anilines is 1. The Kier molecular flexibility index (Phi) is 6.47. The van der Waals surface area contributed by atoms with Crippen molar-refractivity contribution in [1.29, 1.82) is 0 Å². The van der Waals surface area contributed by atoms with Crippen LogP contribution >= 0.6 is 0 Å². The van der Waals surface area contributed by atoms with Crippen LogP contribution in [-0.2, 0) is 19.6 Å². The summed E-state index contributed by atoms with van der Waals surface area (Å²) in [5.74, 6) is -2.83. The summed E-state index contributed by atoms with van der Waals surface area (Å²) in [6, 6.07) is 18.9. The van der Waals surface area contributed by atoms with Gasteiger partial charge < -0.3 is 10.1 Å². The number of rotatable bonds is 6. The number of benzene rings is 3. The van der Waals surface area contributed by atoms with Crippen molar-refractivity contribution in [1.82, 2.24) is 0 Å². The number of nitrogens with one attached hydrogen (secondary N) is 1. The molecule has 0 aliphatic heterocycles. The Labute approximate surface area is 178 Å². The van der Waals surface area contributed by atoms with Crippen molar-refractivity contribution < 1.29 is 27.1 Å². The molecule has 0 aromatic heterocycles. The van der Waals surface area contributed by atoms with E-state index in [-0.39, 0.29) is 0 Å². The minimum atomic E-state index is -4.15. The zero-order valence-electron chi connectivity index (χ0n) is 16.4. The summed E-state index contributed by atoms with van der Waals surface area (Å²) in [5, 5.41) is 7.70. The van der Waals surface area contributed by atoms with E-state index in [2.05, 4.69) is 5.32 Å². The monoisotopic (exact) mass is 442 g/mol. The number of sulfonamides is 1. The molecule has 3 rings (SSSR count). The molecule has 1 atom stereocenters. The molecule has 3 aromatic rings. The van der Waals surface area contributed by atoms with Gasteiger partial charge in [-0.3, -0.25) is 4.79 Å². The topological polar surface area (TPSA) is 116 Å². The van der Waals surface area contributed by atoms with Gasteiger partial charge >= 0.3 is 5.97 Å². The molecule has 0 radical (unpaired) electrons. The Balaban J connectivity index is 1.76. The zero-order chi connectivity index (χ0) is 22.6. The predicted octanol–water partition coefficient (Wildman–Crippen LogP) is 3.32. The van der Waals surface area contributed by atoms with Crippen molar-refractivity contribution in [2.24, 2.45) is 5.14 Å². The Morgan fingerprint density at radius 1 is 1.00 bits per heavy atom. The van der Waals surface area contributed by atoms with Crippen LogP contribution in [0.5, 0.6) is 0 Å². The van der Waals surface area contributed by atoms with E-state index in [4.69, 9.17) is 9.88 Å². The maximum Gasteiger partial charge on any atom is 0.341 e. The van der Waals surface area contributed by atoms with Crippen molar-refractivity contribution >= 4 is 27.6 Å². The SMILES string of the molecule is CC(OC(=O)c1cc(S(N)(=O)=O)ccc1F)C(=O)Nc1ccccc1-c1ccccc1. The molecule has 0 spiro atoms. The van der Waals surface area contributed by atoms with Gasteiger partial charge in [0, 0.05) is 11.3 Å². The lowest BCUT2D eigenvalue weighted by Crippen LogP contribution is -2.30. The highest BCUT2D eigenvalue weighted by Gasteiger charge is 2.23. The average molecular weight is 442 g/mol. The number of para-hydroxylation sites is 1. The zero-order valence-corrected chi connectivity index (χ0v) is 17.2. The molecular formula is C22H19FN2O5S. The molecule has 3 aromatic carbocycles. The summed E-state index contributed by atoms with van der Waals surface area (Å²) in [7, 11) is -4.15. The number of nitrogens with two attached hydrogens (primary N) is 1. The highest BCUT2D eigenvalue weighted by molar-refractivity contribution is 7.89.